The molecule has 0 saturated heterocycles. The van der Waals surface area contributed by atoms with Crippen LogP contribution in [0.1, 0.15) is 40.4 Å². The molecule has 1 N–H and O–H groups in total. The van der Waals surface area contributed by atoms with Crippen molar-refractivity contribution in [2.75, 3.05) is 17.6 Å². The molecular formula is C26H24Cl2F2N2O7S. The maximum absolute atomic E-state index is 13.1. The van der Waals surface area contributed by atoms with Crippen LogP contribution in [0.2, 0.25) is 10.0 Å². The van der Waals surface area contributed by atoms with Gasteiger partial charge >= 0.3 is 12.6 Å². The summed E-state index contributed by atoms with van der Waals surface area (Å²) in [6.07, 6.45) is 3.99. The van der Waals surface area contributed by atoms with Crippen molar-refractivity contribution in [3.05, 3.63) is 86.8 Å². The third kappa shape index (κ3) is 8.33. The fraction of sp³-hybridized carbons (Fsp3) is 0.308. The molecule has 14 heteroatoms. The van der Waals surface area contributed by atoms with Crippen LogP contribution in [0.5, 0.6) is 11.5 Å². The minimum Gasteiger partial charge on any atom is -0.619 e. The average molecular weight is 617 g/mol. The van der Waals surface area contributed by atoms with Crippen molar-refractivity contribution in [1.82, 2.24) is 0 Å². The van der Waals surface area contributed by atoms with Gasteiger partial charge in [-0.05, 0) is 60.7 Å². The molecule has 1 saturated carbocycles. The van der Waals surface area contributed by atoms with Gasteiger partial charge in [-0.1, -0.05) is 29.3 Å². The molecule has 0 unspecified atom stereocenters. The van der Waals surface area contributed by atoms with E-state index < -0.39 is 28.7 Å². The van der Waals surface area contributed by atoms with Crippen molar-refractivity contribution in [2.24, 2.45) is 5.92 Å². The minimum absolute atomic E-state index is 0.0302. The highest BCUT2D eigenvalue weighted by atomic mass is 35.5. The molecule has 4 rings (SSSR count). The first-order chi connectivity index (χ1) is 18.9. The number of nitrogens with one attached hydrogen (secondary N) is 1. The molecule has 1 atom stereocenters. The Kier molecular flexibility index (Phi) is 9.22. The molecule has 0 spiro atoms. The van der Waals surface area contributed by atoms with E-state index in [4.69, 9.17) is 32.7 Å². The van der Waals surface area contributed by atoms with Crippen LogP contribution in [0.15, 0.2) is 54.9 Å². The second-order valence-electron chi connectivity index (χ2n) is 9.18. The van der Waals surface area contributed by atoms with Crippen LogP contribution in [-0.2, 0) is 21.2 Å². The molecule has 0 aliphatic heterocycles. The van der Waals surface area contributed by atoms with Crippen molar-refractivity contribution < 1.29 is 40.9 Å². The Hall–Kier alpha value is -3.35. The van der Waals surface area contributed by atoms with E-state index in [9.17, 15) is 27.2 Å². The summed E-state index contributed by atoms with van der Waals surface area (Å²) in [5, 5.41) is 11.8. The van der Waals surface area contributed by atoms with E-state index in [1.165, 1.54) is 42.5 Å². The molecule has 1 aliphatic carbocycles. The summed E-state index contributed by atoms with van der Waals surface area (Å²) < 4.78 is 67.8. The van der Waals surface area contributed by atoms with Gasteiger partial charge < -0.3 is 19.4 Å². The Labute approximate surface area is 239 Å². The maximum Gasteiger partial charge on any atom is 0.387 e. The number of benzene rings is 2. The molecule has 1 fully saturated rings. The van der Waals surface area contributed by atoms with E-state index in [1.807, 2.05) is 0 Å². The van der Waals surface area contributed by atoms with Crippen LogP contribution in [0, 0.1) is 11.1 Å². The van der Waals surface area contributed by atoms with Crippen molar-refractivity contribution in [2.45, 2.75) is 32.0 Å². The molecule has 1 heterocycles. The van der Waals surface area contributed by atoms with Crippen LogP contribution in [0.25, 0.3) is 0 Å². The fourth-order valence-corrected chi connectivity index (χ4v) is 4.91. The van der Waals surface area contributed by atoms with Gasteiger partial charge in [0.2, 0.25) is 10.0 Å². The van der Waals surface area contributed by atoms with Crippen molar-refractivity contribution in [1.29, 1.82) is 0 Å². The highest BCUT2D eigenvalue weighted by Gasteiger charge is 2.26. The predicted octanol–water partition coefficient (Wildman–Crippen LogP) is 5.53. The smallest absolute Gasteiger partial charge is 0.387 e. The number of rotatable bonds is 12. The van der Waals surface area contributed by atoms with Gasteiger partial charge in [0.1, 0.15) is 16.1 Å². The van der Waals surface area contributed by atoms with E-state index in [0.29, 0.717) is 28.4 Å². The zero-order valence-electron chi connectivity index (χ0n) is 21.0. The zero-order chi connectivity index (χ0) is 29.0. The lowest BCUT2D eigenvalue weighted by molar-refractivity contribution is -0.605. The van der Waals surface area contributed by atoms with Gasteiger partial charge in [0.05, 0.1) is 18.4 Å². The Morgan fingerprint density at radius 2 is 1.75 bits per heavy atom. The van der Waals surface area contributed by atoms with Crippen LogP contribution in [-0.4, -0.2) is 33.9 Å². The van der Waals surface area contributed by atoms with Crippen molar-refractivity contribution >= 4 is 44.9 Å². The van der Waals surface area contributed by atoms with Gasteiger partial charge in [0.15, 0.2) is 23.9 Å². The van der Waals surface area contributed by atoms with Crippen molar-refractivity contribution in [3.8, 4) is 11.5 Å². The number of ether oxygens (including phenoxy) is 3. The van der Waals surface area contributed by atoms with Gasteiger partial charge in [0.25, 0.3) is 0 Å². The third-order valence-corrected chi connectivity index (χ3v) is 7.11. The second-order valence-corrected chi connectivity index (χ2v) is 11.7. The summed E-state index contributed by atoms with van der Waals surface area (Å²) >= 11 is 12.5. The van der Waals surface area contributed by atoms with Crippen LogP contribution in [0.4, 0.5) is 14.5 Å². The zero-order valence-corrected chi connectivity index (χ0v) is 23.3. The van der Waals surface area contributed by atoms with E-state index in [0.717, 1.165) is 31.5 Å². The fourth-order valence-electron chi connectivity index (χ4n) is 3.75. The number of halogens is 4. The summed E-state index contributed by atoms with van der Waals surface area (Å²) in [5.74, 6) is -0.588. The Bertz CT molecular complexity index is 1460. The highest BCUT2D eigenvalue weighted by Crippen LogP contribution is 2.38. The van der Waals surface area contributed by atoms with Gasteiger partial charge in [-0.2, -0.15) is 13.5 Å². The summed E-state index contributed by atoms with van der Waals surface area (Å²) in [4.78, 5) is 13.1. The second kappa shape index (κ2) is 12.4. The first-order valence-corrected chi connectivity index (χ1v) is 14.6. The SMILES string of the molecule is CS(=O)(=O)Nc1ccc(C(=O)O[C@@H](Cc2c(Cl)c[n+]([O-])cc2Cl)c2ccc(OC(F)F)c(OCC3CC3)c2)cc1. The van der Waals surface area contributed by atoms with Gasteiger partial charge in [-0.25, -0.2) is 13.2 Å². The number of esters is 1. The summed E-state index contributed by atoms with van der Waals surface area (Å²) in [5.41, 5.74) is 1.03. The third-order valence-electron chi connectivity index (χ3n) is 5.85. The largest absolute Gasteiger partial charge is 0.619 e. The van der Waals surface area contributed by atoms with E-state index >= 15 is 0 Å². The maximum atomic E-state index is 13.1. The molecule has 214 valence electrons. The molecule has 1 aromatic heterocycles. The Morgan fingerprint density at radius 3 is 2.33 bits per heavy atom. The molecule has 1 aliphatic rings. The lowest BCUT2D eigenvalue weighted by Gasteiger charge is -2.21. The number of anilines is 1. The number of hydrogen-bond acceptors (Lipinski definition) is 7. The summed E-state index contributed by atoms with van der Waals surface area (Å²) in [6.45, 7) is -2.77. The predicted molar refractivity (Wildman–Crippen MR) is 143 cm³/mol. The average Bonchev–Trinajstić information content (AvgIpc) is 3.68. The molecule has 0 amide bonds. The standard InChI is InChI=1S/C26H24Cl2F2N2O7S/c1-40(35,36)31-18-7-4-16(5-8-18)25(33)38-23(11-19-20(27)12-32(34)13-21(19)28)17-6-9-22(39-26(29)30)24(10-17)37-14-15-2-3-15/h4-10,12-13,15,23,26,31H,2-3,11,14H2,1H3/t23-/m0/s1. The molecule has 2 aromatic carbocycles. The summed E-state index contributed by atoms with van der Waals surface area (Å²) in [6, 6.07) is 9.71. The highest BCUT2D eigenvalue weighted by molar-refractivity contribution is 7.92. The monoisotopic (exact) mass is 616 g/mol. The van der Waals surface area contributed by atoms with Crippen LogP contribution in [0.3, 0.4) is 0 Å². The Balaban J connectivity index is 1.66. The first-order valence-electron chi connectivity index (χ1n) is 11.9. The topological polar surface area (TPSA) is 118 Å². The first kappa shape index (κ1) is 29.6. The molecule has 0 radical (unpaired) electrons. The van der Waals surface area contributed by atoms with Gasteiger partial charge in [0, 0.05) is 17.7 Å². The number of alkyl halides is 2. The van der Waals surface area contributed by atoms with E-state index in [-0.39, 0.29) is 39.2 Å². The van der Waals surface area contributed by atoms with E-state index in [1.54, 1.807) is 0 Å². The number of carbonyl (C=O) groups is 1. The van der Waals surface area contributed by atoms with E-state index in [2.05, 4.69) is 9.46 Å². The minimum atomic E-state index is -3.52. The lowest BCUT2D eigenvalue weighted by atomic mass is 10.0. The number of nitrogens with zero attached hydrogens (tertiary/aromatic N) is 1. The molecule has 40 heavy (non-hydrogen) atoms. The normalized spacial score (nSPS) is 14.1. The Morgan fingerprint density at radius 1 is 1.10 bits per heavy atom. The number of pyridine rings is 1. The number of aromatic nitrogens is 1. The lowest BCUT2D eigenvalue weighted by Crippen LogP contribution is -2.25. The van der Waals surface area contributed by atoms with Crippen molar-refractivity contribution in [3.63, 3.8) is 0 Å². The number of sulfonamides is 1. The summed E-state index contributed by atoms with van der Waals surface area (Å²) in [7, 11) is -3.52. The molecule has 0 bridgehead atoms. The quantitative estimate of drug-likeness (QED) is 0.161. The molecule has 3 aromatic rings. The van der Waals surface area contributed by atoms with Gasteiger partial charge in [-0.3, -0.25) is 4.72 Å². The van der Waals surface area contributed by atoms with Crippen LogP contribution < -0.4 is 18.9 Å². The molecular weight excluding hydrogens is 593 g/mol. The number of hydrogen-bond donors (Lipinski definition) is 1. The van der Waals surface area contributed by atoms with Crippen LogP contribution >= 0.6 is 23.2 Å². The molecule has 9 nitrogen and oxygen atoms in total. The van der Waals surface area contributed by atoms with Gasteiger partial charge in [-0.15, -0.1) is 0 Å². The number of carbonyl (C=O) groups excluding carboxylic acids is 1.